The third kappa shape index (κ3) is 3.65. The maximum atomic E-state index is 10.00. The molecule has 136 valence electrons. The molecular weight excluding hydrogens is 320 g/mol. The molecular formula is C12H22O11. The molecule has 2 heterocycles. The molecule has 8 N–H and O–H groups in total. The maximum absolute atomic E-state index is 10.00. The third-order valence-electron chi connectivity index (χ3n) is 3.98. The Morgan fingerprint density at radius 2 is 1.22 bits per heavy atom. The van der Waals surface area contributed by atoms with E-state index in [9.17, 15) is 30.6 Å². The molecule has 0 amide bonds. The molecule has 2 aliphatic rings. The maximum Gasteiger partial charge on any atom is 0.187 e. The number of ether oxygens (including phenoxy) is 3. The Balaban J connectivity index is 2.11. The molecule has 0 aromatic heterocycles. The van der Waals surface area contributed by atoms with Gasteiger partial charge < -0.3 is 55.1 Å². The largest absolute Gasteiger partial charge is 0.394 e. The lowest BCUT2D eigenvalue weighted by Gasteiger charge is -2.45. The van der Waals surface area contributed by atoms with E-state index in [4.69, 9.17) is 24.4 Å². The summed E-state index contributed by atoms with van der Waals surface area (Å²) in [6, 6.07) is 0. The first-order chi connectivity index (χ1) is 10.8. The SMILES string of the molecule is OC[C@@H]1O[C@@H](O[C@@H]2[C@@H](O)[C@H](O)O[C@@H](CO)[C@H]2O)[C@@H](O)[C@H](O)[C@H]1O. The Morgan fingerprint density at radius 1 is 0.652 bits per heavy atom. The Bertz CT molecular complexity index is 380. The van der Waals surface area contributed by atoms with E-state index < -0.39 is 74.6 Å². The van der Waals surface area contributed by atoms with Crippen LogP contribution in [0, 0.1) is 0 Å². The lowest BCUT2D eigenvalue weighted by molar-refractivity contribution is -0.355. The molecule has 11 heteroatoms. The first-order valence-corrected chi connectivity index (χ1v) is 7.08. The molecule has 0 saturated carbocycles. The van der Waals surface area contributed by atoms with Gasteiger partial charge in [0.2, 0.25) is 0 Å². The van der Waals surface area contributed by atoms with Crippen molar-refractivity contribution in [2.24, 2.45) is 0 Å². The smallest absolute Gasteiger partial charge is 0.187 e. The fourth-order valence-electron chi connectivity index (χ4n) is 2.56. The summed E-state index contributed by atoms with van der Waals surface area (Å²) >= 11 is 0. The van der Waals surface area contributed by atoms with Gasteiger partial charge in [0.05, 0.1) is 13.2 Å². The number of aliphatic hydroxyl groups is 8. The predicted molar refractivity (Wildman–Crippen MR) is 68.6 cm³/mol. The van der Waals surface area contributed by atoms with Crippen molar-refractivity contribution in [2.75, 3.05) is 13.2 Å². The average Bonchev–Trinajstić information content (AvgIpc) is 2.54. The van der Waals surface area contributed by atoms with Gasteiger partial charge in [-0.3, -0.25) is 0 Å². The first kappa shape index (κ1) is 18.9. The van der Waals surface area contributed by atoms with E-state index in [1.165, 1.54) is 0 Å². The van der Waals surface area contributed by atoms with Crippen LogP contribution < -0.4 is 0 Å². The number of hydrogen-bond donors (Lipinski definition) is 8. The Morgan fingerprint density at radius 3 is 1.78 bits per heavy atom. The van der Waals surface area contributed by atoms with Crippen molar-refractivity contribution < 1.29 is 55.1 Å². The van der Waals surface area contributed by atoms with E-state index in [0.29, 0.717) is 0 Å². The van der Waals surface area contributed by atoms with Gasteiger partial charge in [-0.25, -0.2) is 0 Å². The van der Waals surface area contributed by atoms with Gasteiger partial charge in [0.15, 0.2) is 12.6 Å². The van der Waals surface area contributed by atoms with E-state index in [1.54, 1.807) is 0 Å². The zero-order chi connectivity index (χ0) is 17.3. The Hall–Kier alpha value is -0.440. The van der Waals surface area contributed by atoms with Gasteiger partial charge in [-0.05, 0) is 0 Å². The standard InChI is InChI=1S/C12H22O11/c13-1-3-5(15)7(17)8(18)12(22-3)23-10-6(16)4(2-14)21-11(20)9(10)19/h3-20H,1-2H2/t3-,4-,5-,6+,7+,8-,9+,10-,11+,12-/m0/s1. The highest BCUT2D eigenvalue weighted by atomic mass is 16.7. The summed E-state index contributed by atoms with van der Waals surface area (Å²) in [5, 5.41) is 76.8. The third-order valence-corrected chi connectivity index (χ3v) is 3.98. The van der Waals surface area contributed by atoms with Crippen LogP contribution >= 0.6 is 0 Å². The van der Waals surface area contributed by atoms with Gasteiger partial charge in [-0.1, -0.05) is 0 Å². The van der Waals surface area contributed by atoms with Crippen LogP contribution in [0.3, 0.4) is 0 Å². The van der Waals surface area contributed by atoms with E-state index in [0.717, 1.165) is 0 Å². The molecule has 0 aromatic rings. The summed E-state index contributed by atoms with van der Waals surface area (Å²) in [5.74, 6) is 0. The summed E-state index contributed by atoms with van der Waals surface area (Å²) in [7, 11) is 0. The highest BCUT2D eigenvalue weighted by Gasteiger charge is 2.50. The minimum Gasteiger partial charge on any atom is -0.394 e. The monoisotopic (exact) mass is 342 g/mol. The molecule has 0 bridgehead atoms. The van der Waals surface area contributed by atoms with Crippen molar-refractivity contribution in [1.29, 1.82) is 0 Å². The van der Waals surface area contributed by atoms with Crippen LogP contribution in [-0.2, 0) is 14.2 Å². The molecule has 0 aliphatic carbocycles. The summed E-state index contributed by atoms with van der Waals surface area (Å²) in [5.41, 5.74) is 0. The van der Waals surface area contributed by atoms with Crippen LogP contribution in [0.5, 0.6) is 0 Å². The average molecular weight is 342 g/mol. The van der Waals surface area contributed by atoms with Crippen molar-refractivity contribution in [3.05, 3.63) is 0 Å². The molecule has 2 rings (SSSR count). The molecule has 11 nitrogen and oxygen atoms in total. The molecule has 2 aliphatic heterocycles. The molecule has 2 saturated heterocycles. The van der Waals surface area contributed by atoms with Crippen LogP contribution in [0.25, 0.3) is 0 Å². The van der Waals surface area contributed by atoms with Gasteiger partial charge in [-0.2, -0.15) is 0 Å². The van der Waals surface area contributed by atoms with Gasteiger partial charge >= 0.3 is 0 Å². The zero-order valence-corrected chi connectivity index (χ0v) is 12.0. The molecule has 0 radical (unpaired) electrons. The fourth-order valence-corrected chi connectivity index (χ4v) is 2.56. The van der Waals surface area contributed by atoms with Crippen molar-refractivity contribution in [2.45, 2.75) is 61.4 Å². The van der Waals surface area contributed by atoms with E-state index >= 15 is 0 Å². The second kappa shape index (κ2) is 7.63. The van der Waals surface area contributed by atoms with E-state index in [-0.39, 0.29) is 0 Å². The summed E-state index contributed by atoms with van der Waals surface area (Å²) in [6.45, 7) is -1.34. The highest BCUT2D eigenvalue weighted by molar-refractivity contribution is 4.93. The summed E-state index contributed by atoms with van der Waals surface area (Å²) < 4.78 is 15.1. The van der Waals surface area contributed by atoms with E-state index in [1.807, 2.05) is 0 Å². The Kier molecular flexibility index (Phi) is 6.27. The van der Waals surface area contributed by atoms with Crippen LogP contribution in [0.15, 0.2) is 0 Å². The van der Waals surface area contributed by atoms with Gasteiger partial charge in [-0.15, -0.1) is 0 Å². The van der Waals surface area contributed by atoms with Crippen LogP contribution in [0.2, 0.25) is 0 Å². The predicted octanol–water partition coefficient (Wildman–Crippen LogP) is -5.40. The summed E-state index contributed by atoms with van der Waals surface area (Å²) in [6.07, 6.45) is -15.7. The lowest BCUT2D eigenvalue weighted by Crippen LogP contribution is -2.64. The second-order valence-corrected chi connectivity index (χ2v) is 5.53. The minimum atomic E-state index is -1.76. The van der Waals surface area contributed by atoms with Gasteiger partial charge in [0, 0.05) is 0 Å². The van der Waals surface area contributed by atoms with Crippen molar-refractivity contribution in [1.82, 2.24) is 0 Å². The van der Waals surface area contributed by atoms with Crippen molar-refractivity contribution in [3.63, 3.8) is 0 Å². The number of rotatable bonds is 4. The number of aliphatic hydroxyl groups excluding tert-OH is 8. The van der Waals surface area contributed by atoms with Crippen molar-refractivity contribution >= 4 is 0 Å². The van der Waals surface area contributed by atoms with E-state index in [2.05, 4.69) is 0 Å². The first-order valence-electron chi connectivity index (χ1n) is 7.08. The van der Waals surface area contributed by atoms with Crippen LogP contribution in [-0.4, -0.2) is 115 Å². The van der Waals surface area contributed by atoms with Crippen molar-refractivity contribution in [3.8, 4) is 0 Å². The normalized spacial score (nSPS) is 51.7. The van der Waals surface area contributed by atoms with Gasteiger partial charge in [0.1, 0.15) is 48.8 Å². The fraction of sp³-hybridized carbons (Fsp3) is 1.00. The number of hydrogen-bond acceptors (Lipinski definition) is 11. The van der Waals surface area contributed by atoms with Crippen LogP contribution in [0.1, 0.15) is 0 Å². The Labute approximate surface area is 130 Å². The summed E-state index contributed by atoms with van der Waals surface area (Å²) in [4.78, 5) is 0. The lowest BCUT2D eigenvalue weighted by atomic mass is 9.97. The molecule has 0 unspecified atom stereocenters. The zero-order valence-electron chi connectivity index (χ0n) is 12.0. The van der Waals surface area contributed by atoms with Gasteiger partial charge in [0.25, 0.3) is 0 Å². The quantitative estimate of drug-likeness (QED) is 0.243. The molecule has 10 atom stereocenters. The molecule has 2 fully saturated rings. The van der Waals surface area contributed by atoms with Crippen LogP contribution in [0.4, 0.5) is 0 Å². The minimum absolute atomic E-state index is 0.667. The topological polar surface area (TPSA) is 190 Å². The highest BCUT2D eigenvalue weighted by Crippen LogP contribution is 2.28. The second-order valence-electron chi connectivity index (χ2n) is 5.53. The molecule has 0 spiro atoms. The molecule has 23 heavy (non-hydrogen) atoms. The molecule has 0 aromatic carbocycles.